The molecule has 1 aromatic carbocycles. The topological polar surface area (TPSA) is 43.4 Å². The van der Waals surface area contributed by atoms with Crippen LogP contribution in [0, 0.1) is 12.3 Å². The van der Waals surface area contributed by atoms with Crippen molar-refractivity contribution in [3.05, 3.63) is 29.3 Å². The summed E-state index contributed by atoms with van der Waals surface area (Å²) in [6.45, 7) is -0.283. The lowest BCUT2D eigenvalue weighted by Gasteiger charge is -2.02. The maximum absolute atomic E-state index is 11.4. The minimum Gasteiger partial charge on any atom is -0.253 e. The minimum atomic E-state index is -3.77. The van der Waals surface area contributed by atoms with Crippen molar-refractivity contribution < 1.29 is 12.6 Å². The van der Waals surface area contributed by atoms with E-state index in [1.165, 1.54) is 18.2 Å². The Bertz CT molecular complexity index is 459. The molecule has 0 aliphatic heterocycles. The molecule has 0 amide bonds. The van der Waals surface area contributed by atoms with Crippen molar-refractivity contribution in [3.63, 3.8) is 0 Å². The fraction of sp³-hybridized carbons (Fsp3) is 0.111. The fourth-order valence-corrected chi connectivity index (χ4v) is 1.93. The Balaban J connectivity index is 3.00. The highest BCUT2D eigenvalue weighted by Gasteiger charge is 2.14. The first-order chi connectivity index (χ1) is 6.56. The summed E-state index contributed by atoms with van der Waals surface area (Å²) < 4.78 is 27.2. The summed E-state index contributed by atoms with van der Waals surface area (Å²) in [5.41, 5.74) is 0. The van der Waals surface area contributed by atoms with Crippen LogP contribution in [-0.2, 0) is 14.3 Å². The molecule has 0 radical (unpaired) electrons. The summed E-state index contributed by atoms with van der Waals surface area (Å²) in [5.74, 6) is 2.07. The molecular weight excluding hydrogens is 224 g/mol. The molecule has 1 rings (SSSR count). The van der Waals surface area contributed by atoms with E-state index in [0.29, 0.717) is 5.02 Å². The van der Waals surface area contributed by atoms with E-state index < -0.39 is 10.1 Å². The van der Waals surface area contributed by atoms with E-state index in [4.69, 9.17) is 18.0 Å². The van der Waals surface area contributed by atoms with Gasteiger partial charge in [-0.1, -0.05) is 23.6 Å². The summed E-state index contributed by atoms with van der Waals surface area (Å²) in [7, 11) is -3.77. The van der Waals surface area contributed by atoms with Gasteiger partial charge in [-0.2, -0.15) is 8.42 Å². The highest BCUT2D eigenvalue weighted by Crippen LogP contribution is 2.17. The van der Waals surface area contributed by atoms with Crippen LogP contribution in [0.3, 0.4) is 0 Å². The average Bonchev–Trinajstić information content (AvgIpc) is 2.15. The number of benzene rings is 1. The van der Waals surface area contributed by atoms with Crippen molar-refractivity contribution in [2.75, 3.05) is 6.61 Å². The quantitative estimate of drug-likeness (QED) is 0.586. The van der Waals surface area contributed by atoms with Gasteiger partial charge in [0.25, 0.3) is 10.1 Å². The van der Waals surface area contributed by atoms with Crippen LogP contribution in [0.15, 0.2) is 29.2 Å². The third-order valence-corrected chi connectivity index (χ3v) is 2.88. The number of hydrogen-bond donors (Lipinski definition) is 0. The Hall–Kier alpha value is -1.02. The molecule has 0 aromatic heterocycles. The van der Waals surface area contributed by atoms with Gasteiger partial charge in [-0.25, -0.2) is 0 Å². The normalized spacial score (nSPS) is 10.9. The van der Waals surface area contributed by atoms with Gasteiger partial charge >= 0.3 is 0 Å². The van der Waals surface area contributed by atoms with Crippen LogP contribution in [0.2, 0.25) is 5.02 Å². The molecule has 3 nitrogen and oxygen atoms in total. The molecule has 0 saturated heterocycles. The van der Waals surface area contributed by atoms with Crippen molar-refractivity contribution >= 4 is 21.7 Å². The number of halogens is 1. The Kier molecular flexibility index (Phi) is 3.53. The van der Waals surface area contributed by atoms with E-state index in [9.17, 15) is 8.42 Å². The minimum absolute atomic E-state index is 0.000231. The van der Waals surface area contributed by atoms with Gasteiger partial charge in [0.1, 0.15) is 6.61 Å². The standard InChI is InChI=1S/C9H7ClO3S/c1-2-6-13-14(11,12)9-5-3-4-8(10)7-9/h1,3-5,7H,6H2. The van der Waals surface area contributed by atoms with Crippen LogP contribution >= 0.6 is 11.6 Å². The molecule has 0 aliphatic rings. The van der Waals surface area contributed by atoms with Crippen molar-refractivity contribution in [1.29, 1.82) is 0 Å². The molecule has 0 fully saturated rings. The Morgan fingerprint density at radius 1 is 1.50 bits per heavy atom. The SMILES string of the molecule is C#CCOS(=O)(=O)c1cccc(Cl)c1. The summed E-state index contributed by atoms with van der Waals surface area (Å²) in [6, 6.07) is 5.78. The summed E-state index contributed by atoms with van der Waals surface area (Å²) in [6.07, 6.45) is 4.88. The maximum Gasteiger partial charge on any atom is 0.297 e. The molecule has 0 aliphatic carbocycles. The molecule has 5 heteroatoms. The van der Waals surface area contributed by atoms with Crippen LogP contribution < -0.4 is 0 Å². The zero-order valence-electron chi connectivity index (χ0n) is 7.10. The number of rotatable bonds is 3. The number of terminal acetylenes is 1. The predicted molar refractivity (Wildman–Crippen MR) is 53.4 cm³/mol. The Labute approximate surface area is 87.8 Å². The Morgan fingerprint density at radius 3 is 2.79 bits per heavy atom. The second-order valence-corrected chi connectivity index (χ2v) is 4.43. The smallest absolute Gasteiger partial charge is 0.253 e. The van der Waals surface area contributed by atoms with E-state index in [2.05, 4.69) is 10.1 Å². The van der Waals surface area contributed by atoms with Crippen LogP contribution in [0.1, 0.15) is 0 Å². The molecule has 0 atom stereocenters. The van der Waals surface area contributed by atoms with Gasteiger partial charge in [-0.05, 0) is 18.2 Å². The first-order valence-corrected chi connectivity index (χ1v) is 5.43. The van der Waals surface area contributed by atoms with Crippen LogP contribution in [-0.4, -0.2) is 15.0 Å². The molecule has 0 spiro atoms. The lowest BCUT2D eigenvalue weighted by molar-refractivity contribution is 0.363. The van der Waals surface area contributed by atoms with Crippen LogP contribution in [0.25, 0.3) is 0 Å². The van der Waals surface area contributed by atoms with Crippen molar-refractivity contribution in [2.24, 2.45) is 0 Å². The average molecular weight is 231 g/mol. The molecule has 0 bridgehead atoms. The summed E-state index contributed by atoms with van der Waals surface area (Å²) in [4.78, 5) is 0.000231. The van der Waals surface area contributed by atoms with E-state index in [-0.39, 0.29) is 11.5 Å². The first kappa shape index (κ1) is 11.1. The Morgan fingerprint density at radius 2 is 2.21 bits per heavy atom. The monoisotopic (exact) mass is 230 g/mol. The molecular formula is C9H7ClO3S. The molecule has 0 unspecified atom stereocenters. The molecule has 0 heterocycles. The first-order valence-electron chi connectivity index (χ1n) is 3.65. The van der Waals surface area contributed by atoms with E-state index >= 15 is 0 Å². The highest BCUT2D eigenvalue weighted by atomic mass is 35.5. The van der Waals surface area contributed by atoms with Crippen LogP contribution in [0.5, 0.6) is 0 Å². The molecule has 0 N–H and O–H groups in total. The van der Waals surface area contributed by atoms with Gasteiger partial charge in [0.05, 0.1) is 4.90 Å². The lowest BCUT2D eigenvalue weighted by Crippen LogP contribution is -2.06. The lowest BCUT2D eigenvalue weighted by atomic mass is 10.4. The molecule has 74 valence electrons. The maximum atomic E-state index is 11.4. The zero-order valence-corrected chi connectivity index (χ0v) is 8.68. The van der Waals surface area contributed by atoms with Gasteiger partial charge in [0.2, 0.25) is 0 Å². The van der Waals surface area contributed by atoms with Crippen molar-refractivity contribution in [1.82, 2.24) is 0 Å². The second-order valence-electron chi connectivity index (χ2n) is 2.38. The van der Waals surface area contributed by atoms with Gasteiger partial charge in [0.15, 0.2) is 0 Å². The van der Waals surface area contributed by atoms with Crippen molar-refractivity contribution in [3.8, 4) is 12.3 Å². The van der Waals surface area contributed by atoms with Crippen LogP contribution in [0.4, 0.5) is 0 Å². The van der Waals surface area contributed by atoms with E-state index in [1.807, 2.05) is 0 Å². The third kappa shape index (κ3) is 2.74. The highest BCUT2D eigenvalue weighted by molar-refractivity contribution is 7.86. The van der Waals surface area contributed by atoms with E-state index in [1.54, 1.807) is 6.07 Å². The van der Waals surface area contributed by atoms with Gasteiger partial charge in [-0.3, -0.25) is 4.18 Å². The summed E-state index contributed by atoms with van der Waals surface area (Å²) in [5, 5.41) is 0.329. The van der Waals surface area contributed by atoms with Gasteiger partial charge < -0.3 is 0 Å². The summed E-state index contributed by atoms with van der Waals surface area (Å²) >= 11 is 5.62. The van der Waals surface area contributed by atoms with Gasteiger partial charge in [0, 0.05) is 5.02 Å². The zero-order chi connectivity index (χ0) is 10.6. The number of hydrogen-bond acceptors (Lipinski definition) is 3. The second kappa shape index (κ2) is 4.47. The molecule has 14 heavy (non-hydrogen) atoms. The largest absolute Gasteiger partial charge is 0.297 e. The van der Waals surface area contributed by atoms with E-state index in [0.717, 1.165) is 0 Å². The third-order valence-electron chi connectivity index (χ3n) is 1.38. The predicted octanol–water partition coefficient (Wildman–Crippen LogP) is 1.68. The molecule has 0 saturated carbocycles. The molecule has 1 aromatic rings. The van der Waals surface area contributed by atoms with Crippen molar-refractivity contribution in [2.45, 2.75) is 4.90 Å². The van der Waals surface area contributed by atoms with Gasteiger partial charge in [-0.15, -0.1) is 6.42 Å². The fourth-order valence-electron chi connectivity index (χ4n) is 0.802.